The molecule has 0 N–H and O–H groups in total. The van der Waals surface area contributed by atoms with Gasteiger partial charge in [0.15, 0.2) is 0 Å². The molecule has 0 radical (unpaired) electrons. The van der Waals surface area contributed by atoms with Crippen LogP contribution in [0.1, 0.15) is 22.1 Å². The lowest BCUT2D eigenvalue weighted by Gasteiger charge is -2.14. The second kappa shape index (κ2) is 5.57. The molecule has 0 aliphatic rings. The summed E-state index contributed by atoms with van der Waals surface area (Å²) in [6.07, 6.45) is 0. The van der Waals surface area contributed by atoms with Crippen molar-refractivity contribution in [2.24, 2.45) is 0 Å². The van der Waals surface area contributed by atoms with Crippen LogP contribution in [-0.4, -0.2) is 7.11 Å². The van der Waals surface area contributed by atoms with Crippen LogP contribution in [-0.2, 0) is 0 Å². The fourth-order valence-corrected chi connectivity index (χ4v) is 2.22. The Kier molecular flexibility index (Phi) is 4.05. The van der Waals surface area contributed by atoms with Gasteiger partial charge in [-0.2, -0.15) is 0 Å². The van der Waals surface area contributed by atoms with E-state index >= 15 is 0 Å². The van der Waals surface area contributed by atoms with Gasteiger partial charge in [-0.05, 0) is 18.6 Å². The van der Waals surface area contributed by atoms with Crippen molar-refractivity contribution in [3.8, 4) is 5.75 Å². The van der Waals surface area contributed by atoms with Crippen molar-refractivity contribution in [2.45, 2.75) is 12.3 Å². The van der Waals surface area contributed by atoms with Crippen molar-refractivity contribution in [3.05, 3.63) is 64.7 Å². The first-order chi connectivity index (χ1) is 9.04. The number of rotatable bonds is 3. The summed E-state index contributed by atoms with van der Waals surface area (Å²) in [6, 6.07) is 9.24. The molecule has 0 saturated carbocycles. The van der Waals surface area contributed by atoms with Crippen molar-refractivity contribution in [2.75, 3.05) is 7.11 Å². The lowest BCUT2D eigenvalue weighted by Crippen LogP contribution is -2.01. The normalized spacial score (nSPS) is 12.3. The first-order valence-corrected chi connectivity index (χ1v) is 6.20. The van der Waals surface area contributed by atoms with Crippen LogP contribution in [0.3, 0.4) is 0 Å². The summed E-state index contributed by atoms with van der Waals surface area (Å²) in [4.78, 5) is 0. The first-order valence-electron chi connectivity index (χ1n) is 5.77. The molecule has 0 amide bonds. The van der Waals surface area contributed by atoms with Gasteiger partial charge in [0.25, 0.3) is 0 Å². The molecule has 0 saturated heterocycles. The summed E-state index contributed by atoms with van der Waals surface area (Å²) in [5.74, 6) is -0.521. The van der Waals surface area contributed by atoms with Crippen LogP contribution in [0.5, 0.6) is 5.75 Å². The summed E-state index contributed by atoms with van der Waals surface area (Å²) in [6.45, 7) is 1.65. The Labute approximate surface area is 115 Å². The SMILES string of the molecule is COc1ccc(C(Cl)c2cccc(C)c2F)c(F)c1. The van der Waals surface area contributed by atoms with Crippen LogP contribution in [0.25, 0.3) is 0 Å². The van der Waals surface area contributed by atoms with Crippen molar-refractivity contribution >= 4 is 11.6 Å². The van der Waals surface area contributed by atoms with Crippen LogP contribution in [0, 0.1) is 18.6 Å². The van der Waals surface area contributed by atoms with Crippen LogP contribution in [0.15, 0.2) is 36.4 Å². The molecule has 0 heterocycles. The summed E-state index contributed by atoms with van der Waals surface area (Å²) in [5, 5.41) is -0.870. The van der Waals surface area contributed by atoms with Crippen LogP contribution >= 0.6 is 11.6 Å². The Bertz CT molecular complexity index is 599. The second-order valence-corrected chi connectivity index (χ2v) is 4.66. The highest BCUT2D eigenvalue weighted by Gasteiger charge is 2.19. The van der Waals surface area contributed by atoms with E-state index in [4.69, 9.17) is 16.3 Å². The quantitative estimate of drug-likeness (QED) is 0.747. The molecule has 0 spiro atoms. The Balaban J connectivity index is 2.44. The highest BCUT2D eigenvalue weighted by molar-refractivity contribution is 6.22. The van der Waals surface area contributed by atoms with Crippen molar-refractivity contribution < 1.29 is 13.5 Å². The molecular weight excluding hydrogens is 270 g/mol. The minimum Gasteiger partial charge on any atom is -0.497 e. The van der Waals surface area contributed by atoms with Crippen LogP contribution < -0.4 is 4.74 Å². The van der Waals surface area contributed by atoms with E-state index in [2.05, 4.69) is 0 Å². The number of benzene rings is 2. The number of aryl methyl sites for hydroxylation is 1. The number of halogens is 3. The molecule has 1 unspecified atom stereocenters. The molecule has 0 bridgehead atoms. The van der Waals surface area contributed by atoms with Crippen molar-refractivity contribution in [3.63, 3.8) is 0 Å². The van der Waals surface area contributed by atoms with E-state index < -0.39 is 17.0 Å². The fraction of sp³-hybridized carbons (Fsp3) is 0.200. The lowest BCUT2D eigenvalue weighted by molar-refractivity contribution is 0.410. The van der Waals surface area contributed by atoms with Crippen LogP contribution in [0.4, 0.5) is 8.78 Å². The van der Waals surface area contributed by atoms with Crippen molar-refractivity contribution in [1.29, 1.82) is 0 Å². The number of hydrogen-bond acceptors (Lipinski definition) is 1. The molecule has 1 atom stereocenters. The van der Waals surface area contributed by atoms with Gasteiger partial charge in [-0.15, -0.1) is 11.6 Å². The fourth-order valence-electron chi connectivity index (χ4n) is 1.87. The standard InChI is InChI=1S/C15H13ClF2O/c1-9-4-3-5-12(15(9)18)14(16)11-7-6-10(19-2)8-13(11)17/h3-8,14H,1-2H3. The van der Waals surface area contributed by atoms with E-state index in [9.17, 15) is 8.78 Å². The molecule has 1 nitrogen and oxygen atoms in total. The smallest absolute Gasteiger partial charge is 0.131 e. The minimum atomic E-state index is -0.870. The first kappa shape index (κ1) is 13.8. The maximum Gasteiger partial charge on any atom is 0.131 e. The maximum atomic E-state index is 14.0. The summed E-state index contributed by atoms with van der Waals surface area (Å²) < 4.78 is 32.8. The van der Waals surface area contributed by atoms with E-state index in [-0.39, 0.29) is 11.1 Å². The predicted octanol–water partition coefficient (Wildman–Crippen LogP) is 4.61. The molecule has 19 heavy (non-hydrogen) atoms. The molecular formula is C15H13ClF2O. The van der Waals surface area contributed by atoms with Crippen LogP contribution in [0.2, 0.25) is 0 Å². The molecule has 100 valence electrons. The van der Waals surface area contributed by atoms with Gasteiger partial charge in [-0.1, -0.05) is 24.3 Å². The van der Waals surface area contributed by atoms with Gasteiger partial charge in [0.05, 0.1) is 12.5 Å². The monoisotopic (exact) mass is 282 g/mol. The second-order valence-electron chi connectivity index (χ2n) is 4.23. The molecule has 0 fully saturated rings. The average Bonchev–Trinajstić information content (AvgIpc) is 2.41. The zero-order chi connectivity index (χ0) is 14.0. The van der Waals surface area contributed by atoms with E-state index in [1.807, 2.05) is 0 Å². The molecule has 2 rings (SSSR count). The van der Waals surface area contributed by atoms with Gasteiger partial charge in [0, 0.05) is 17.2 Å². The zero-order valence-corrected chi connectivity index (χ0v) is 11.3. The van der Waals surface area contributed by atoms with Gasteiger partial charge >= 0.3 is 0 Å². The zero-order valence-electron chi connectivity index (χ0n) is 10.6. The molecule has 2 aromatic rings. The van der Waals surface area contributed by atoms with E-state index in [0.717, 1.165) is 0 Å². The van der Waals surface area contributed by atoms with Gasteiger partial charge in [0.2, 0.25) is 0 Å². The van der Waals surface area contributed by atoms with E-state index in [1.54, 1.807) is 31.2 Å². The highest BCUT2D eigenvalue weighted by atomic mass is 35.5. The Morgan fingerprint density at radius 2 is 1.84 bits per heavy atom. The maximum absolute atomic E-state index is 14.0. The number of alkyl halides is 1. The Morgan fingerprint density at radius 3 is 2.47 bits per heavy atom. The third kappa shape index (κ3) is 2.71. The predicted molar refractivity (Wildman–Crippen MR) is 71.8 cm³/mol. The van der Waals surface area contributed by atoms with Crippen molar-refractivity contribution in [1.82, 2.24) is 0 Å². The van der Waals surface area contributed by atoms with E-state index in [1.165, 1.54) is 19.2 Å². The Hall–Kier alpha value is -1.61. The molecule has 0 aliphatic carbocycles. The molecule has 0 aromatic heterocycles. The molecule has 2 aromatic carbocycles. The Morgan fingerprint density at radius 1 is 1.11 bits per heavy atom. The number of methoxy groups -OCH3 is 1. The average molecular weight is 283 g/mol. The van der Waals surface area contributed by atoms with Gasteiger partial charge in [-0.3, -0.25) is 0 Å². The number of hydrogen-bond donors (Lipinski definition) is 0. The minimum absolute atomic E-state index is 0.229. The topological polar surface area (TPSA) is 9.23 Å². The van der Waals surface area contributed by atoms with Gasteiger partial charge in [-0.25, -0.2) is 8.78 Å². The summed E-state index contributed by atoms with van der Waals surface area (Å²) >= 11 is 6.19. The summed E-state index contributed by atoms with van der Waals surface area (Å²) in [5.41, 5.74) is 0.981. The molecule has 0 aliphatic heterocycles. The largest absolute Gasteiger partial charge is 0.497 e. The van der Waals surface area contributed by atoms with Gasteiger partial charge in [0.1, 0.15) is 17.4 Å². The van der Waals surface area contributed by atoms with E-state index in [0.29, 0.717) is 11.3 Å². The third-order valence-corrected chi connectivity index (χ3v) is 3.45. The third-order valence-electron chi connectivity index (χ3n) is 2.98. The van der Waals surface area contributed by atoms with Gasteiger partial charge < -0.3 is 4.74 Å². The molecule has 4 heteroatoms. The lowest BCUT2D eigenvalue weighted by atomic mass is 10.0. The number of ether oxygens (including phenoxy) is 1. The highest BCUT2D eigenvalue weighted by Crippen LogP contribution is 2.34. The summed E-state index contributed by atoms with van der Waals surface area (Å²) in [7, 11) is 1.45.